The molecule has 0 unspecified atom stereocenters. The minimum atomic E-state index is -4.47. The molecule has 5 nitrogen and oxygen atoms in total. The van der Waals surface area contributed by atoms with Crippen LogP contribution < -0.4 is 11.1 Å². The van der Waals surface area contributed by atoms with Crippen LogP contribution in [0.3, 0.4) is 0 Å². The lowest BCUT2D eigenvalue weighted by Crippen LogP contribution is -2.51. The highest BCUT2D eigenvalue weighted by atomic mass is 19.4. The van der Waals surface area contributed by atoms with Gasteiger partial charge in [-0.1, -0.05) is 27.7 Å². The molecule has 0 saturated heterocycles. The lowest BCUT2D eigenvalue weighted by Gasteiger charge is -2.30. The van der Waals surface area contributed by atoms with Gasteiger partial charge >= 0.3 is 12.1 Å². The molecule has 136 valence electrons. The third kappa shape index (κ3) is 7.20. The van der Waals surface area contributed by atoms with Crippen molar-refractivity contribution in [2.75, 3.05) is 7.11 Å². The monoisotopic (exact) mass is 340 g/mol. The zero-order valence-electron chi connectivity index (χ0n) is 14.3. The molecule has 8 heteroatoms. The number of carbonyl (C=O) groups excluding carboxylic acids is 2. The minimum Gasteiger partial charge on any atom is -0.467 e. The fraction of sp³-hybridized carbons (Fsp3) is 0.867. The van der Waals surface area contributed by atoms with Gasteiger partial charge in [-0.2, -0.15) is 13.2 Å². The van der Waals surface area contributed by atoms with Gasteiger partial charge in [0.05, 0.1) is 18.6 Å². The SMILES string of the molecule is COC(=O)[C@H](CCC(C)C)NC(=O)[C@@H](N)CC(C)(C)C(F)(F)F. The third-order valence-electron chi connectivity index (χ3n) is 3.67. The van der Waals surface area contributed by atoms with Gasteiger partial charge < -0.3 is 15.8 Å². The fourth-order valence-corrected chi connectivity index (χ4v) is 1.93. The average Bonchev–Trinajstić information content (AvgIpc) is 2.40. The summed E-state index contributed by atoms with van der Waals surface area (Å²) >= 11 is 0. The van der Waals surface area contributed by atoms with Crippen LogP contribution in [0.5, 0.6) is 0 Å². The van der Waals surface area contributed by atoms with Gasteiger partial charge in [0, 0.05) is 0 Å². The molecule has 1 amide bonds. The van der Waals surface area contributed by atoms with Crippen LogP contribution in [0.4, 0.5) is 13.2 Å². The number of rotatable bonds is 8. The molecule has 0 aliphatic heterocycles. The normalized spacial score (nSPS) is 15.2. The second kappa shape index (κ2) is 8.52. The maximum atomic E-state index is 12.9. The maximum absolute atomic E-state index is 12.9. The molecule has 0 aliphatic carbocycles. The van der Waals surface area contributed by atoms with Crippen LogP contribution in [0, 0.1) is 11.3 Å². The van der Waals surface area contributed by atoms with Gasteiger partial charge in [0.25, 0.3) is 0 Å². The molecule has 0 aromatic rings. The molecule has 0 rings (SSSR count). The molecule has 0 heterocycles. The molecule has 2 atom stereocenters. The highest BCUT2D eigenvalue weighted by Gasteiger charge is 2.48. The Kier molecular flexibility index (Phi) is 8.03. The lowest BCUT2D eigenvalue weighted by atomic mass is 9.85. The summed E-state index contributed by atoms with van der Waals surface area (Å²) < 4.78 is 43.2. The first-order chi connectivity index (χ1) is 10.3. The standard InChI is InChI=1S/C15H27F3N2O3/c1-9(2)6-7-11(13(22)23-5)20-12(21)10(19)8-14(3,4)15(16,17)18/h9-11H,6-8,19H2,1-5H3,(H,20,21)/t10-,11-/m0/s1. The topological polar surface area (TPSA) is 81.4 Å². The number of nitrogens with two attached hydrogens (primary N) is 1. The van der Waals surface area contributed by atoms with E-state index >= 15 is 0 Å². The maximum Gasteiger partial charge on any atom is 0.394 e. The Hall–Kier alpha value is -1.31. The van der Waals surface area contributed by atoms with Gasteiger partial charge in [0.2, 0.25) is 5.91 Å². The van der Waals surface area contributed by atoms with Crippen molar-refractivity contribution in [2.45, 2.75) is 65.2 Å². The number of halogens is 3. The number of ether oxygens (including phenoxy) is 1. The summed E-state index contributed by atoms with van der Waals surface area (Å²) in [6, 6.07) is -2.27. The van der Waals surface area contributed by atoms with Crippen molar-refractivity contribution in [3.05, 3.63) is 0 Å². The van der Waals surface area contributed by atoms with E-state index in [1.54, 1.807) is 0 Å². The van der Waals surface area contributed by atoms with Crippen molar-refractivity contribution in [3.8, 4) is 0 Å². The number of hydrogen-bond donors (Lipinski definition) is 2. The molecule has 23 heavy (non-hydrogen) atoms. The molecule has 0 aromatic carbocycles. The summed E-state index contributed by atoms with van der Waals surface area (Å²) in [6.45, 7) is 5.87. The summed E-state index contributed by atoms with van der Waals surface area (Å²) in [7, 11) is 1.18. The van der Waals surface area contributed by atoms with E-state index in [0.29, 0.717) is 18.8 Å². The Labute approximate surface area is 135 Å². The smallest absolute Gasteiger partial charge is 0.394 e. The van der Waals surface area contributed by atoms with Crippen LogP contribution in [-0.4, -0.2) is 37.2 Å². The van der Waals surface area contributed by atoms with Gasteiger partial charge in [0.15, 0.2) is 0 Å². The zero-order chi connectivity index (χ0) is 18.4. The Morgan fingerprint density at radius 1 is 1.17 bits per heavy atom. The molecule has 0 saturated carbocycles. The first-order valence-corrected chi connectivity index (χ1v) is 7.52. The van der Waals surface area contributed by atoms with Gasteiger partial charge in [-0.25, -0.2) is 4.79 Å². The predicted molar refractivity (Wildman–Crippen MR) is 80.4 cm³/mol. The van der Waals surface area contributed by atoms with Gasteiger partial charge in [0.1, 0.15) is 6.04 Å². The van der Waals surface area contributed by atoms with Crippen LogP contribution in [0.2, 0.25) is 0 Å². The number of amides is 1. The van der Waals surface area contributed by atoms with Crippen molar-refractivity contribution in [2.24, 2.45) is 17.1 Å². The van der Waals surface area contributed by atoms with Gasteiger partial charge in [-0.15, -0.1) is 0 Å². The fourth-order valence-electron chi connectivity index (χ4n) is 1.93. The van der Waals surface area contributed by atoms with Crippen molar-refractivity contribution < 1.29 is 27.5 Å². The minimum absolute atomic E-state index is 0.303. The largest absolute Gasteiger partial charge is 0.467 e. The Morgan fingerprint density at radius 3 is 2.09 bits per heavy atom. The molecule has 0 spiro atoms. The molecule has 0 aliphatic rings. The summed E-state index contributed by atoms with van der Waals surface area (Å²) in [5, 5.41) is 2.39. The van der Waals surface area contributed by atoms with E-state index in [2.05, 4.69) is 10.1 Å². The highest BCUT2D eigenvalue weighted by molar-refractivity contribution is 5.87. The Bertz CT molecular complexity index is 409. The number of methoxy groups -OCH3 is 1. The molecule has 3 N–H and O–H groups in total. The first-order valence-electron chi connectivity index (χ1n) is 7.52. The van der Waals surface area contributed by atoms with Crippen LogP contribution >= 0.6 is 0 Å². The van der Waals surface area contributed by atoms with E-state index < -0.39 is 42.0 Å². The molecular weight excluding hydrogens is 313 g/mol. The van der Waals surface area contributed by atoms with Crippen molar-refractivity contribution in [3.63, 3.8) is 0 Å². The van der Waals surface area contributed by atoms with Gasteiger partial charge in [-0.05, 0) is 25.2 Å². The van der Waals surface area contributed by atoms with Crippen LogP contribution in [0.25, 0.3) is 0 Å². The summed E-state index contributed by atoms with van der Waals surface area (Å²) in [5.74, 6) is -1.13. The van der Waals surface area contributed by atoms with Crippen LogP contribution in [0.1, 0.15) is 47.0 Å². The third-order valence-corrected chi connectivity index (χ3v) is 3.67. The number of alkyl halides is 3. The second-order valence-corrected chi connectivity index (χ2v) is 6.75. The van der Waals surface area contributed by atoms with E-state index in [1.807, 2.05) is 13.8 Å². The number of esters is 1. The predicted octanol–water partition coefficient (Wildman–Crippen LogP) is 2.39. The van der Waals surface area contributed by atoms with Crippen molar-refractivity contribution in [1.29, 1.82) is 0 Å². The molecule has 0 radical (unpaired) electrons. The van der Waals surface area contributed by atoms with E-state index in [1.165, 1.54) is 7.11 Å². The van der Waals surface area contributed by atoms with Crippen molar-refractivity contribution >= 4 is 11.9 Å². The number of carbonyl (C=O) groups is 2. The Balaban J connectivity index is 4.81. The van der Waals surface area contributed by atoms with Gasteiger partial charge in [-0.3, -0.25) is 4.79 Å². The van der Waals surface area contributed by atoms with Crippen molar-refractivity contribution in [1.82, 2.24) is 5.32 Å². The quantitative estimate of drug-likeness (QED) is 0.665. The number of hydrogen-bond acceptors (Lipinski definition) is 4. The second-order valence-electron chi connectivity index (χ2n) is 6.75. The highest BCUT2D eigenvalue weighted by Crippen LogP contribution is 2.40. The van der Waals surface area contributed by atoms with E-state index in [4.69, 9.17) is 5.73 Å². The van der Waals surface area contributed by atoms with E-state index in [-0.39, 0.29) is 0 Å². The molecular formula is C15H27F3N2O3. The first kappa shape index (κ1) is 21.7. The molecule has 0 bridgehead atoms. The van der Waals surface area contributed by atoms with E-state index in [0.717, 1.165) is 13.8 Å². The summed E-state index contributed by atoms with van der Waals surface area (Å²) in [5.41, 5.74) is 3.49. The molecule has 0 fully saturated rings. The Morgan fingerprint density at radius 2 is 1.70 bits per heavy atom. The zero-order valence-corrected chi connectivity index (χ0v) is 14.3. The molecule has 0 aromatic heterocycles. The number of nitrogens with one attached hydrogen (secondary N) is 1. The summed E-state index contributed by atoms with van der Waals surface area (Å²) in [4.78, 5) is 23.7. The summed E-state index contributed by atoms with van der Waals surface area (Å²) in [6.07, 6.45) is -4.04. The van der Waals surface area contributed by atoms with Crippen LogP contribution in [0.15, 0.2) is 0 Å². The lowest BCUT2D eigenvalue weighted by molar-refractivity contribution is -0.214. The average molecular weight is 340 g/mol. The van der Waals surface area contributed by atoms with E-state index in [9.17, 15) is 22.8 Å². The van der Waals surface area contributed by atoms with Crippen LogP contribution in [-0.2, 0) is 14.3 Å².